The number of anilines is 2. The fraction of sp³-hybridized carbons (Fsp3) is 0.400. The van der Waals surface area contributed by atoms with Gasteiger partial charge in [0.15, 0.2) is 0 Å². The lowest BCUT2D eigenvalue weighted by molar-refractivity contribution is 0.0857. The Kier molecular flexibility index (Phi) is 5.66. The van der Waals surface area contributed by atoms with Gasteiger partial charge in [0.25, 0.3) is 5.91 Å². The number of para-hydroxylation sites is 1. The summed E-state index contributed by atoms with van der Waals surface area (Å²) in [5.41, 5.74) is 3.62. The SMILES string of the molecule is CC(C)c1ccccc1Nc1cncc(C(=O)NCC2CCCO2)c1. The van der Waals surface area contributed by atoms with E-state index >= 15 is 0 Å². The van der Waals surface area contributed by atoms with Crippen molar-refractivity contribution in [3.63, 3.8) is 0 Å². The Labute approximate surface area is 148 Å². The summed E-state index contributed by atoms with van der Waals surface area (Å²) in [6, 6.07) is 10.0. The molecule has 2 aromatic rings. The quantitative estimate of drug-likeness (QED) is 0.839. The smallest absolute Gasteiger partial charge is 0.253 e. The normalized spacial score (nSPS) is 16.8. The molecule has 1 aromatic carbocycles. The first kappa shape index (κ1) is 17.4. The number of nitrogens with one attached hydrogen (secondary N) is 2. The zero-order valence-corrected chi connectivity index (χ0v) is 14.8. The van der Waals surface area contributed by atoms with Crippen LogP contribution in [0.1, 0.15) is 48.5 Å². The largest absolute Gasteiger partial charge is 0.376 e. The van der Waals surface area contributed by atoms with Crippen molar-refractivity contribution < 1.29 is 9.53 Å². The van der Waals surface area contributed by atoms with E-state index in [0.29, 0.717) is 18.0 Å². The minimum absolute atomic E-state index is 0.121. The van der Waals surface area contributed by atoms with Crippen LogP contribution in [-0.4, -0.2) is 30.1 Å². The van der Waals surface area contributed by atoms with Crippen LogP contribution in [0.25, 0.3) is 0 Å². The molecule has 0 aliphatic carbocycles. The van der Waals surface area contributed by atoms with Crippen molar-refractivity contribution in [2.45, 2.75) is 38.7 Å². The molecular formula is C20H25N3O2. The molecule has 3 rings (SSSR count). The Morgan fingerprint density at radius 1 is 1.32 bits per heavy atom. The average Bonchev–Trinajstić information content (AvgIpc) is 3.14. The monoisotopic (exact) mass is 339 g/mol. The van der Waals surface area contributed by atoms with Gasteiger partial charge >= 0.3 is 0 Å². The fourth-order valence-corrected chi connectivity index (χ4v) is 3.02. The molecule has 1 unspecified atom stereocenters. The van der Waals surface area contributed by atoms with Gasteiger partial charge in [0.1, 0.15) is 0 Å². The molecule has 1 saturated heterocycles. The van der Waals surface area contributed by atoms with E-state index in [4.69, 9.17) is 4.74 Å². The van der Waals surface area contributed by atoms with Gasteiger partial charge in [-0.2, -0.15) is 0 Å². The van der Waals surface area contributed by atoms with Crippen LogP contribution in [0, 0.1) is 0 Å². The van der Waals surface area contributed by atoms with E-state index in [9.17, 15) is 4.79 Å². The summed E-state index contributed by atoms with van der Waals surface area (Å²) in [5, 5.41) is 6.31. The van der Waals surface area contributed by atoms with E-state index in [1.54, 1.807) is 12.4 Å². The van der Waals surface area contributed by atoms with Gasteiger partial charge in [-0.05, 0) is 36.5 Å². The summed E-state index contributed by atoms with van der Waals surface area (Å²) in [4.78, 5) is 16.5. The summed E-state index contributed by atoms with van der Waals surface area (Å²) < 4.78 is 5.53. The Hall–Kier alpha value is -2.40. The summed E-state index contributed by atoms with van der Waals surface area (Å²) in [6.07, 6.45) is 5.53. The Morgan fingerprint density at radius 2 is 2.16 bits per heavy atom. The van der Waals surface area contributed by atoms with Gasteiger partial charge in [-0.15, -0.1) is 0 Å². The van der Waals surface area contributed by atoms with Gasteiger partial charge in [0.05, 0.1) is 23.6 Å². The summed E-state index contributed by atoms with van der Waals surface area (Å²) in [7, 11) is 0. The molecule has 2 heterocycles. The lowest BCUT2D eigenvalue weighted by Gasteiger charge is -2.15. The number of ether oxygens (including phenoxy) is 1. The topological polar surface area (TPSA) is 63.2 Å². The Bertz CT molecular complexity index is 724. The van der Waals surface area contributed by atoms with Crippen molar-refractivity contribution in [1.29, 1.82) is 0 Å². The van der Waals surface area contributed by atoms with Crippen LogP contribution in [0.2, 0.25) is 0 Å². The van der Waals surface area contributed by atoms with Gasteiger partial charge in [0.2, 0.25) is 0 Å². The fourth-order valence-electron chi connectivity index (χ4n) is 3.02. The minimum Gasteiger partial charge on any atom is -0.376 e. The molecule has 1 aliphatic rings. The van der Waals surface area contributed by atoms with E-state index in [2.05, 4.69) is 35.5 Å². The van der Waals surface area contributed by atoms with E-state index in [1.165, 1.54) is 5.56 Å². The van der Waals surface area contributed by atoms with Gasteiger partial charge in [-0.3, -0.25) is 9.78 Å². The molecule has 0 bridgehead atoms. The summed E-state index contributed by atoms with van der Waals surface area (Å²) in [5.74, 6) is 0.290. The number of amides is 1. The van der Waals surface area contributed by atoms with Gasteiger partial charge in [-0.1, -0.05) is 32.0 Å². The standard InChI is InChI=1S/C20H25N3O2/c1-14(2)18-7-3-4-8-19(18)23-16-10-15(11-21-12-16)20(24)22-13-17-6-5-9-25-17/h3-4,7-8,10-12,14,17,23H,5-6,9,13H2,1-2H3,(H,22,24). The zero-order valence-electron chi connectivity index (χ0n) is 14.8. The van der Waals surface area contributed by atoms with Crippen molar-refractivity contribution >= 4 is 17.3 Å². The van der Waals surface area contributed by atoms with Crippen molar-refractivity contribution in [1.82, 2.24) is 10.3 Å². The number of carbonyl (C=O) groups excluding carboxylic acids is 1. The summed E-state index contributed by atoms with van der Waals surface area (Å²) in [6.45, 7) is 5.66. The van der Waals surface area contributed by atoms with Crippen LogP contribution in [0.15, 0.2) is 42.7 Å². The minimum atomic E-state index is -0.121. The molecule has 1 amide bonds. The molecular weight excluding hydrogens is 314 g/mol. The second kappa shape index (κ2) is 8.12. The number of aromatic nitrogens is 1. The number of rotatable bonds is 6. The van der Waals surface area contributed by atoms with Crippen LogP contribution < -0.4 is 10.6 Å². The maximum atomic E-state index is 12.3. The Balaban J connectivity index is 1.68. The molecule has 5 heteroatoms. The highest BCUT2D eigenvalue weighted by atomic mass is 16.5. The van der Waals surface area contributed by atoms with Crippen LogP contribution in [-0.2, 0) is 4.74 Å². The highest BCUT2D eigenvalue weighted by Crippen LogP contribution is 2.26. The van der Waals surface area contributed by atoms with Crippen LogP contribution in [0.3, 0.4) is 0 Å². The zero-order chi connectivity index (χ0) is 17.6. The Morgan fingerprint density at radius 3 is 2.92 bits per heavy atom. The van der Waals surface area contributed by atoms with Crippen molar-refractivity contribution in [2.24, 2.45) is 0 Å². The number of nitrogens with zero attached hydrogens (tertiary/aromatic N) is 1. The lowest BCUT2D eigenvalue weighted by atomic mass is 10.0. The molecule has 1 aromatic heterocycles. The molecule has 1 atom stereocenters. The molecule has 2 N–H and O–H groups in total. The number of hydrogen-bond donors (Lipinski definition) is 2. The third kappa shape index (κ3) is 4.57. The van der Waals surface area contributed by atoms with E-state index in [1.807, 2.05) is 24.3 Å². The highest BCUT2D eigenvalue weighted by Gasteiger charge is 2.17. The predicted molar refractivity (Wildman–Crippen MR) is 99.4 cm³/mol. The molecule has 0 saturated carbocycles. The maximum absolute atomic E-state index is 12.3. The van der Waals surface area contributed by atoms with Gasteiger partial charge < -0.3 is 15.4 Å². The van der Waals surface area contributed by atoms with Crippen molar-refractivity contribution in [3.8, 4) is 0 Å². The van der Waals surface area contributed by atoms with E-state index < -0.39 is 0 Å². The summed E-state index contributed by atoms with van der Waals surface area (Å²) >= 11 is 0. The maximum Gasteiger partial charge on any atom is 0.253 e. The van der Waals surface area contributed by atoms with Crippen molar-refractivity contribution in [3.05, 3.63) is 53.9 Å². The van der Waals surface area contributed by atoms with Crippen molar-refractivity contribution in [2.75, 3.05) is 18.5 Å². The van der Waals surface area contributed by atoms with Gasteiger partial charge in [-0.25, -0.2) is 0 Å². The second-order valence-corrected chi connectivity index (χ2v) is 6.67. The molecule has 0 spiro atoms. The average molecular weight is 339 g/mol. The first-order valence-electron chi connectivity index (χ1n) is 8.84. The molecule has 25 heavy (non-hydrogen) atoms. The third-order valence-electron chi connectivity index (χ3n) is 4.38. The lowest BCUT2D eigenvalue weighted by Crippen LogP contribution is -2.31. The number of hydrogen-bond acceptors (Lipinski definition) is 4. The number of benzene rings is 1. The molecule has 0 radical (unpaired) electrons. The van der Waals surface area contributed by atoms with Crippen LogP contribution in [0.5, 0.6) is 0 Å². The first-order chi connectivity index (χ1) is 12.1. The number of pyridine rings is 1. The van der Waals surface area contributed by atoms with Crippen LogP contribution >= 0.6 is 0 Å². The molecule has 1 aliphatic heterocycles. The van der Waals surface area contributed by atoms with Gasteiger partial charge in [0, 0.05) is 25.0 Å². The number of carbonyl (C=O) groups is 1. The second-order valence-electron chi connectivity index (χ2n) is 6.67. The molecule has 1 fully saturated rings. The molecule has 132 valence electrons. The van der Waals surface area contributed by atoms with E-state index in [-0.39, 0.29) is 12.0 Å². The first-order valence-corrected chi connectivity index (χ1v) is 8.84. The third-order valence-corrected chi connectivity index (χ3v) is 4.38. The predicted octanol–water partition coefficient (Wildman–Crippen LogP) is 3.86. The highest BCUT2D eigenvalue weighted by molar-refractivity contribution is 5.94. The van der Waals surface area contributed by atoms with E-state index in [0.717, 1.165) is 30.8 Å². The van der Waals surface area contributed by atoms with Crippen LogP contribution in [0.4, 0.5) is 11.4 Å². The molecule has 5 nitrogen and oxygen atoms in total.